The first-order chi connectivity index (χ1) is 6.84. The molecule has 0 amide bonds. The Hall–Kier alpha value is -1.68. The molecule has 0 aliphatic carbocycles. The second-order valence-corrected chi connectivity index (χ2v) is 3.01. The molecule has 0 aliphatic heterocycles. The highest BCUT2D eigenvalue weighted by molar-refractivity contribution is 5.85. The molecule has 1 aromatic carbocycles. The molecule has 80 valence electrons. The van der Waals surface area contributed by atoms with Gasteiger partial charge in [0.1, 0.15) is 5.82 Å². The Bertz CT molecular complexity index is 382. The number of hydrogen-bond donors (Lipinski definition) is 3. The monoisotopic (exact) mass is 224 g/mol. The van der Waals surface area contributed by atoms with Gasteiger partial charge in [0.15, 0.2) is 0 Å². The van der Waals surface area contributed by atoms with E-state index in [2.05, 4.69) is 15.3 Å². The molecule has 1 heterocycles. The Kier molecular flexibility index (Phi) is 4.00. The predicted molar refractivity (Wildman–Crippen MR) is 64.0 cm³/mol. The van der Waals surface area contributed by atoms with Gasteiger partial charge in [-0.05, 0) is 24.3 Å². The van der Waals surface area contributed by atoms with E-state index in [1.54, 1.807) is 12.4 Å². The van der Waals surface area contributed by atoms with Crippen molar-refractivity contribution in [1.29, 1.82) is 0 Å². The third-order valence-corrected chi connectivity index (χ3v) is 1.93. The van der Waals surface area contributed by atoms with Crippen molar-refractivity contribution < 1.29 is 0 Å². The SMILES string of the molecule is Cl.Nc1ccc(NCc2ncc[nH]2)cc1. The summed E-state index contributed by atoms with van der Waals surface area (Å²) in [5, 5.41) is 3.22. The molecule has 5 heteroatoms. The Morgan fingerprint density at radius 3 is 2.60 bits per heavy atom. The number of aromatic amines is 1. The van der Waals surface area contributed by atoms with E-state index >= 15 is 0 Å². The van der Waals surface area contributed by atoms with E-state index in [0.29, 0.717) is 6.54 Å². The second-order valence-electron chi connectivity index (χ2n) is 3.01. The van der Waals surface area contributed by atoms with E-state index in [-0.39, 0.29) is 12.4 Å². The van der Waals surface area contributed by atoms with Crippen LogP contribution in [0, 0.1) is 0 Å². The molecule has 1 aromatic heterocycles. The average molecular weight is 225 g/mol. The number of nitrogens with two attached hydrogens (primary N) is 1. The fourth-order valence-electron chi connectivity index (χ4n) is 1.18. The van der Waals surface area contributed by atoms with Gasteiger partial charge in [-0.3, -0.25) is 0 Å². The minimum atomic E-state index is 0. The number of nitrogens with one attached hydrogen (secondary N) is 2. The molecule has 0 aliphatic rings. The van der Waals surface area contributed by atoms with E-state index in [1.807, 2.05) is 24.3 Å². The summed E-state index contributed by atoms with van der Waals surface area (Å²) < 4.78 is 0. The van der Waals surface area contributed by atoms with Crippen LogP contribution in [0.1, 0.15) is 5.82 Å². The fraction of sp³-hybridized carbons (Fsp3) is 0.100. The summed E-state index contributed by atoms with van der Waals surface area (Å²) in [6, 6.07) is 7.62. The molecule has 15 heavy (non-hydrogen) atoms. The van der Waals surface area contributed by atoms with E-state index in [0.717, 1.165) is 17.2 Å². The summed E-state index contributed by atoms with van der Waals surface area (Å²) in [4.78, 5) is 7.13. The number of benzene rings is 1. The van der Waals surface area contributed by atoms with Crippen molar-refractivity contribution in [1.82, 2.24) is 9.97 Å². The number of imidazole rings is 1. The van der Waals surface area contributed by atoms with Gasteiger partial charge < -0.3 is 16.0 Å². The van der Waals surface area contributed by atoms with Gasteiger partial charge in [-0.1, -0.05) is 0 Å². The zero-order chi connectivity index (χ0) is 9.80. The van der Waals surface area contributed by atoms with Crippen molar-refractivity contribution >= 4 is 23.8 Å². The maximum atomic E-state index is 5.57. The number of nitrogens with zero attached hydrogens (tertiary/aromatic N) is 1. The maximum Gasteiger partial charge on any atom is 0.125 e. The van der Waals surface area contributed by atoms with Gasteiger partial charge >= 0.3 is 0 Å². The Morgan fingerprint density at radius 1 is 1.27 bits per heavy atom. The number of hydrogen-bond acceptors (Lipinski definition) is 3. The third kappa shape index (κ3) is 3.18. The molecule has 0 atom stereocenters. The number of rotatable bonds is 3. The fourth-order valence-corrected chi connectivity index (χ4v) is 1.18. The molecule has 2 rings (SSSR count). The minimum absolute atomic E-state index is 0. The lowest BCUT2D eigenvalue weighted by Gasteiger charge is -2.03. The van der Waals surface area contributed by atoms with Crippen molar-refractivity contribution in [2.75, 3.05) is 11.1 Å². The molecule has 0 saturated carbocycles. The number of aromatic nitrogens is 2. The summed E-state index contributed by atoms with van der Waals surface area (Å²) in [7, 11) is 0. The molecule has 0 bridgehead atoms. The lowest BCUT2D eigenvalue weighted by atomic mass is 10.3. The van der Waals surface area contributed by atoms with Crippen LogP contribution >= 0.6 is 12.4 Å². The molecular weight excluding hydrogens is 212 g/mol. The van der Waals surface area contributed by atoms with Crippen LogP contribution in [0.2, 0.25) is 0 Å². The Balaban J connectivity index is 0.00000112. The molecule has 2 aromatic rings. The van der Waals surface area contributed by atoms with Gasteiger partial charge in [0.25, 0.3) is 0 Å². The molecule has 0 spiro atoms. The van der Waals surface area contributed by atoms with Gasteiger partial charge in [-0.25, -0.2) is 4.98 Å². The standard InChI is InChI=1S/C10H12N4.ClH/c11-8-1-3-9(4-2-8)14-7-10-12-5-6-13-10;/h1-6,14H,7,11H2,(H,12,13);1H. The normalized spacial score (nSPS) is 9.33. The largest absolute Gasteiger partial charge is 0.399 e. The van der Waals surface area contributed by atoms with Crippen LogP contribution in [0.25, 0.3) is 0 Å². The topological polar surface area (TPSA) is 66.7 Å². The number of H-pyrrole nitrogens is 1. The smallest absolute Gasteiger partial charge is 0.125 e. The zero-order valence-corrected chi connectivity index (χ0v) is 8.92. The van der Waals surface area contributed by atoms with Gasteiger partial charge in [-0.15, -0.1) is 12.4 Å². The maximum absolute atomic E-state index is 5.57. The van der Waals surface area contributed by atoms with Gasteiger partial charge in [0, 0.05) is 23.8 Å². The van der Waals surface area contributed by atoms with Crippen LogP contribution in [0.4, 0.5) is 11.4 Å². The highest BCUT2D eigenvalue weighted by Gasteiger charge is 1.94. The molecular formula is C10H13ClN4. The molecule has 0 radical (unpaired) electrons. The Labute approximate surface area is 94.3 Å². The average Bonchev–Trinajstić information content (AvgIpc) is 2.70. The predicted octanol–water partition coefficient (Wildman–Crippen LogP) is 2.03. The van der Waals surface area contributed by atoms with E-state index < -0.39 is 0 Å². The lowest BCUT2D eigenvalue weighted by molar-refractivity contribution is 1.00. The summed E-state index contributed by atoms with van der Waals surface area (Å²) in [6.07, 6.45) is 3.54. The van der Waals surface area contributed by atoms with Crippen molar-refractivity contribution in [3.05, 3.63) is 42.5 Å². The van der Waals surface area contributed by atoms with Gasteiger partial charge in [0.05, 0.1) is 6.54 Å². The highest BCUT2D eigenvalue weighted by Crippen LogP contribution is 2.10. The van der Waals surface area contributed by atoms with Crippen LogP contribution in [-0.2, 0) is 6.54 Å². The first kappa shape index (κ1) is 11.4. The first-order valence-corrected chi connectivity index (χ1v) is 4.42. The molecule has 0 fully saturated rings. The van der Waals surface area contributed by atoms with Crippen molar-refractivity contribution in [3.8, 4) is 0 Å². The van der Waals surface area contributed by atoms with Crippen LogP contribution in [-0.4, -0.2) is 9.97 Å². The number of halogens is 1. The number of anilines is 2. The zero-order valence-electron chi connectivity index (χ0n) is 8.10. The van der Waals surface area contributed by atoms with E-state index in [4.69, 9.17) is 5.73 Å². The highest BCUT2D eigenvalue weighted by atomic mass is 35.5. The van der Waals surface area contributed by atoms with Crippen LogP contribution in [0.5, 0.6) is 0 Å². The summed E-state index contributed by atoms with van der Waals surface area (Å²) in [5.41, 5.74) is 7.38. The minimum Gasteiger partial charge on any atom is -0.399 e. The molecule has 4 nitrogen and oxygen atoms in total. The lowest BCUT2D eigenvalue weighted by Crippen LogP contribution is -2.00. The second kappa shape index (κ2) is 5.26. The Morgan fingerprint density at radius 2 is 2.00 bits per heavy atom. The van der Waals surface area contributed by atoms with E-state index in [1.165, 1.54) is 0 Å². The number of nitrogen functional groups attached to an aromatic ring is 1. The summed E-state index contributed by atoms with van der Waals surface area (Å²) in [5.74, 6) is 0.918. The molecule has 0 saturated heterocycles. The van der Waals surface area contributed by atoms with Gasteiger partial charge in [0.2, 0.25) is 0 Å². The van der Waals surface area contributed by atoms with Crippen LogP contribution in [0.3, 0.4) is 0 Å². The van der Waals surface area contributed by atoms with Crippen molar-refractivity contribution in [2.45, 2.75) is 6.54 Å². The van der Waals surface area contributed by atoms with Crippen LogP contribution < -0.4 is 11.1 Å². The molecule has 4 N–H and O–H groups in total. The quantitative estimate of drug-likeness (QED) is 0.699. The summed E-state index contributed by atoms with van der Waals surface area (Å²) in [6.45, 7) is 0.691. The first-order valence-electron chi connectivity index (χ1n) is 4.42. The third-order valence-electron chi connectivity index (χ3n) is 1.93. The van der Waals surface area contributed by atoms with Crippen LogP contribution in [0.15, 0.2) is 36.7 Å². The summed E-state index contributed by atoms with van der Waals surface area (Å²) >= 11 is 0. The van der Waals surface area contributed by atoms with E-state index in [9.17, 15) is 0 Å². The van der Waals surface area contributed by atoms with Gasteiger partial charge in [-0.2, -0.15) is 0 Å². The molecule has 0 unspecified atom stereocenters. The van der Waals surface area contributed by atoms with Crippen molar-refractivity contribution in [2.24, 2.45) is 0 Å². The van der Waals surface area contributed by atoms with Crippen molar-refractivity contribution in [3.63, 3.8) is 0 Å².